The Balaban J connectivity index is 1.86. The summed E-state index contributed by atoms with van der Waals surface area (Å²) in [6.07, 6.45) is 0.303. The van der Waals surface area contributed by atoms with Crippen molar-refractivity contribution in [1.82, 2.24) is 10.1 Å². The Bertz CT molecular complexity index is 786. The molecule has 106 valence electrons. The highest BCUT2D eigenvalue weighted by molar-refractivity contribution is 5.58. The predicted octanol–water partition coefficient (Wildman–Crippen LogP) is 3.19. The highest BCUT2D eigenvalue weighted by Gasteiger charge is 2.13. The van der Waals surface area contributed by atoms with E-state index in [-0.39, 0.29) is 17.3 Å². The molecule has 0 aliphatic heterocycles. The maximum absolute atomic E-state index is 13.8. The van der Waals surface area contributed by atoms with E-state index in [9.17, 15) is 8.78 Å². The van der Waals surface area contributed by atoms with E-state index in [4.69, 9.17) is 10.3 Å². The van der Waals surface area contributed by atoms with Crippen molar-refractivity contribution in [1.29, 1.82) is 0 Å². The summed E-state index contributed by atoms with van der Waals surface area (Å²) in [5.74, 6) is -0.442. The zero-order valence-electron chi connectivity index (χ0n) is 10.9. The second kappa shape index (κ2) is 5.32. The van der Waals surface area contributed by atoms with Crippen molar-refractivity contribution in [2.24, 2.45) is 0 Å². The standard InChI is InChI=1S/C15H11F2N3O/c16-10-3-1-2-9(6-10)7-14-19-15(21-20-14)12-5-4-11(18)8-13(12)17/h1-6,8H,7,18H2. The predicted molar refractivity (Wildman–Crippen MR) is 73.3 cm³/mol. The summed E-state index contributed by atoms with van der Waals surface area (Å²) in [6.45, 7) is 0. The second-order valence-corrected chi connectivity index (χ2v) is 4.56. The third-order valence-corrected chi connectivity index (χ3v) is 2.94. The first-order valence-corrected chi connectivity index (χ1v) is 6.24. The van der Waals surface area contributed by atoms with E-state index in [1.54, 1.807) is 18.2 Å². The van der Waals surface area contributed by atoms with Crippen LogP contribution >= 0.6 is 0 Å². The van der Waals surface area contributed by atoms with Crippen LogP contribution in [-0.2, 0) is 6.42 Å². The van der Waals surface area contributed by atoms with Gasteiger partial charge in [0.2, 0.25) is 0 Å². The van der Waals surface area contributed by atoms with Gasteiger partial charge in [0.25, 0.3) is 5.89 Å². The van der Waals surface area contributed by atoms with E-state index in [0.29, 0.717) is 23.5 Å². The van der Waals surface area contributed by atoms with Gasteiger partial charge in [-0.15, -0.1) is 0 Å². The lowest BCUT2D eigenvalue weighted by molar-refractivity contribution is 0.421. The molecule has 0 bridgehead atoms. The number of nitrogens with zero attached hydrogens (tertiary/aromatic N) is 2. The first-order valence-electron chi connectivity index (χ1n) is 6.24. The molecular weight excluding hydrogens is 276 g/mol. The fraction of sp³-hybridized carbons (Fsp3) is 0.0667. The number of halogens is 2. The van der Waals surface area contributed by atoms with E-state index >= 15 is 0 Å². The molecule has 4 nitrogen and oxygen atoms in total. The number of hydrogen-bond acceptors (Lipinski definition) is 4. The lowest BCUT2D eigenvalue weighted by Gasteiger charge is -1.98. The molecule has 1 aromatic heterocycles. The molecule has 1 heterocycles. The van der Waals surface area contributed by atoms with Gasteiger partial charge in [-0.3, -0.25) is 0 Å². The number of hydrogen-bond donors (Lipinski definition) is 1. The van der Waals surface area contributed by atoms with Gasteiger partial charge in [0.15, 0.2) is 5.82 Å². The monoisotopic (exact) mass is 287 g/mol. The van der Waals surface area contributed by atoms with Crippen LogP contribution in [-0.4, -0.2) is 10.1 Å². The highest BCUT2D eigenvalue weighted by atomic mass is 19.1. The van der Waals surface area contributed by atoms with Gasteiger partial charge in [-0.05, 0) is 35.9 Å². The van der Waals surface area contributed by atoms with Crippen LogP contribution in [0.1, 0.15) is 11.4 Å². The van der Waals surface area contributed by atoms with Crippen LogP contribution in [0.5, 0.6) is 0 Å². The third-order valence-electron chi connectivity index (χ3n) is 2.94. The number of anilines is 1. The normalized spacial score (nSPS) is 10.8. The molecule has 2 aromatic carbocycles. The van der Waals surface area contributed by atoms with Crippen LogP contribution in [0.3, 0.4) is 0 Å². The van der Waals surface area contributed by atoms with Crippen molar-refractivity contribution in [2.75, 3.05) is 5.73 Å². The molecule has 0 aliphatic carbocycles. The van der Waals surface area contributed by atoms with Crippen LogP contribution in [0, 0.1) is 11.6 Å². The molecule has 0 aliphatic rings. The number of nitrogen functional groups attached to an aromatic ring is 1. The zero-order valence-corrected chi connectivity index (χ0v) is 10.9. The number of rotatable bonds is 3. The van der Waals surface area contributed by atoms with Crippen LogP contribution in [0.15, 0.2) is 47.0 Å². The maximum atomic E-state index is 13.8. The van der Waals surface area contributed by atoms with Gasteiger partial charge in [-0.25, -0.2) is 8.78 Å². The maximum Gasteiger partial charge on any atom is 0.260 e. The SMILES string of the molecule is Nc1ccc(-c2nc(Cc3cccc(F)c3)no2)c(F)c1. The van der Waals surface area contributed by atoms with Gasteiger partial charge in [0.1, 0.15) is 11.6 Å². The Morgan fingerprint density at radius 1 is 1.10 bits per heavy atom. The molecule has 3 rings (SSSR count). The van der Waals surface area contributed by atoms with Gasteiger partial charge >= 0.3 is 0 Å². The van der Waals surface area contributed by atoms with E-state index in [1.807, 2.05) is 0 Å². The fourth-order valence-electron chi connectivity index (χ4n) is 1.97. The van der Waals surface area contributed by atoms with E-state index in [1.165, 1.54) is 24.3 Å². The Hall–Kier alpha value is -2.76. The third kappa shape index (κ3) is 2.89. The number of aromatic nitrogens is 2. The summed E-state index contributed by atoms with van der Waals surface area (Å²) in [5, 5.41) is 3.77. The Morgan fingerprint density at radius 3 is 2.71 bits per heavy atom. The van der Waals surface area contributed by atoms with Crippen molar-refractivity contribution in [3.05, 3.63) is 65.5 Å². The zero-order chi connectivity index (χ0) is 14.8. The summed E-state index contributed by atoms with van der Waals surface area (Å²) in [6, 6.07) is 10.3. The molecule has 21 heavy (non-hydrogen) atoms. The average molecular weight is 287 g/mol. The minimum Gasteiger partial charge on any atom is -0.399 e. The van der Waals surface area contributed by atoms with Crippen molar-refractivity contribution in [3.63, 3.8) is 0 Å². The Kier molecular flexibility index (Phi) is 3.35. The molecule has 0 atom stereocenters. The fourth-order valence-corrected chi connectivity index (χ4v) is 1.97. The highest BCUT2D eigenvalue weighted by Crippen LogP contribution is 2.23. The summed E-state index contributed by atoms with van der Waals surface area (Å²) >= 11 is 0. The van der Waals surface area contributed by atoms with Gasteiger partial charge in [-0.1, -0.05) is 17.3 Å². The summed E-state index contributed by atoms with van der Waals surface area (Å²) in [5.41, 5.74) is 6.69. The van der Waals surface area contributed by atoms with E-state index in [0.717, 1.165) is 0 Å². The summed E-state index contributed by atoms with van der Waals surface area (Å²) in [4.78, 5) is 4.11. The van der Waals surface area contributed by atoms with E-state index < -0.39 is 5.82 Å². The van der Waals surface area contributed by atoms with Crippen LogP contribution in [0.4, 0.5) is 14.5 Å². The Morgan fingerprint density at radius 2 is 1.95 bits per heavy atom. The van der Waals surface area contributed by atoms with Gasteiger partial charge in [0.05, 0.1) is 5.56 Å². The van der Waals surface area contributed by atoms with Crippen molar-refractivity contribution in [3.8, 4) is 11.5 Å². The van der Waals surface area contributed by atoms with E-state index in [2.05, 4.69) is 10.1 Å². The van der Waals surface area contributed by atoms with Gasteiger partial charge < -0.3 is 10.3 Å². The molecule has 0 saturated heterocycles. The first kappa shape index (κ1) is 13.2. The Labute approximate surface area is 119 Å². The van der Waals surface area contributed by atoms with Gasteiger partial charge in [-0.2, -0.15) is 4.98 Å². The molecule has 0 unspecified atom stereocenters. The minimum atomic E-state index is -0.532. The molecule has 0 spiro atoms. The largest absolute Gasteiger partial charge is 0.399 e. The summed E-state index contributed by atoms with van der Waals surface area (Å²) < 4.78 is 31.9. The molecule has 0 fully saturated rings. The van der Waals surface area contributed by atoms with Crippen LogP contribution < -0.4 is 5.73 Å². The smallest absolute Gasteiger partial charge is 0.260 e. The molecular formula is C15H11F2N3O. The van der Waals surface area contributed by atoms with Crippen molar-refractivity contribution >= 4 is 5.69 Å². The lowest BCUT2D eigenvalue weighted by atomic mass is 10.1. The second-order valence-electron chi connectivity index (χ2n) is 4.56. The van der Waals surface area contributed by atoms with Crippen molar-refractivity contribution < 1.29 is 13.3 Å². The molecule has 0 radical (unpaired) electrons. The van der Waals surface area contributed by atoms with Crippen LogP contribution in [0.2, 0.25) is 0 Å². The molecule has 3 aromatic rings. The quantitative estimate of drug-likeness (QED) is 0.751. The minimum absolute atomic E-state index is 0.0684. The van der Waals surface area contributed by atoms with Crippen molar-refractivity contribution in [2.45, 2.75) is 6.42 Å². The van der Waals surface area contributed by atoms with Gasteiger partial charge in [0, 0.05) is 12.1 Å². The number of nitrogens with two attached hydrogens (primary N) is 1. The molecule has 6 heteroatoms. The molecule has 0 saturated carbocycles. The topological polar surface area (TPSA) is 64.9 Å². The average Bonchev–Trinajstić information content (AvgIpc) is 2.87. The van der Waals surface area contributed by atoms with Crippen LogP contribution in [0.25, 0.3) is 11.5 Å². The molecule has 0 amide bonds. The first-order chi connectivity index (χ1) is 10.1. The molecule has 2 N–H and O–H groups in total. The lowest BCUT2D eigenvalue weighted by Crippen LogP contribution is -1.92. The summed E-state index contributed by atoms with van der Waals surface area (Å²) in [7, 11) is 0. The number of benzene rings is 2.